The van der Waals surface area contributed by atoms with Crippen LogP contribution in [0.25, 0.3) is 0 Å². The maximum Gasteiger partial charge on any atom is 0.471 e. The number of rotatable bonds is 6. The van der Waals surface area contributed by atoms with Gasteiger partial charge in [-0.15, -0.1) is 0 Å². The molecular weight excluding hydrogens is 503 g/mol. The molecule has 2 heterocycles. The third kappa shape index (κ3) is 5.91. The Bertz CT molecular complexity index is 1040. The number of carbonyl (C=O) groups is 4. The topological polar surface area (TPSA) is 131 Å². The average molecular weight is 542 g/mol. The summed E-state index contributed by atoms with van der Waals surface area (Å²) in [7, 11) is 0. The molecule has 2 unspecified atom stereocenters. The van der Waals surface area contributed by atoms with Gasteiger partial charge in [0.15, 0.2) is 0 Å². The van der Waals surface area contributed by atoms with Crippen LogP contribution in [0.3, 0.4) is 0 Å². The number of likely N-dealkylation sites (tertiary alicyclic amines) is 1. The molecule has 0 aromatic heterocycles. The second-order valence-electron chi connectivity index (χ2n) is 13.2. The fourth-order valence-corrected chi connectivity index (χ4v) is 5.92. The number of halogens is 3. The summed E-state index contributed by atoms with van der Waals surface area (Å²) < 4.78 is 39.0. The van der Waals surface area contributed by atoms with Crippen molar-refractivity contribution in [3.05, 3.63) is 0 Å². The Hall–Kier alpha value is -2.84. The molecule has 0 spiro atoms. The molecule has 0 aromatic rings. The van der Waals surface area contributed by atoms with E-state index in [1.807, 2.05) is 39.1 Å². The maximum absolute atomic E-state index is 13.6. The first-order valence-corrected chi connectivity index (χ1v) is 12.9. The zero-order chi connectivity index (χ0) is 29.0. The lowest BCUT2D eigenvalue weighted by Gasteiger charge is -2.38. The van der Waals surface area contributed by atoms with Crippen LogP contribution in [0, 0.1) is 39.9 Å². The zero-order valence-corrected chi connectivity index (χ0v) is 23.0. The molecule has 212 valence electrons. The summed E-state index contributed by atoms with van der Waals surface area (Å²) in [6, 6.07) is -1.48. The van der Waals surface area contributed by atoms with E-state index in [2.05, 4.69) is 10.6 Å². The SMILES string of the molecule is CC1(C)CCC(C[C@@H](C#N)NC(=O)C2[C@@H]3[C@H](CN2C(=O)[C@@H](NC(=O)C(F)(F)F)C(C)(C)C)C3(C)C)C(=O)N1. The summed E-state index contributed by atoms with van der Waals surface area (Å²) in [5.41, 5.74) is -1.69. The standard InChI is InChI=1S/C26H38F3N5O4/c1-23(2,3)18(32-22(38)26(27,28)29)21(37)34-12-15-16(25(15,6)7)17(34)20(36)31-14(11-30)10-13-8-9-24(4,5)33-19(13)35/h13-18H,8-10,12H2,1-7H3,(H,31,36)(H,32,38)(H,33,35)/t13?,14-,15-,16-,17?,18+/m0/s1. The summed E-state index contributed by atoms with van der Waals surface area (Å²) >= 11 is 0. The maximum atomic E-state index is 13.6. The van der Waals surface area contributed by atoms with Crippen LogP contribution in [-0.2, 0) is 19.2 Å². The van der Waals surface area contributed by atoms with Crippen molar-refractivity contribution in [2.24, 2.45) is 28.6 Å². The van der Waals surface area contributed by atoms with Crippen molar-refractivity contribution in [2.75, 3.05) is 6.54 Å². The van der Waals surface area contributed by atoms with Crippen molar-refractivity contribution in [1.82, 2.24) is 20.9 Å². The molecule has 6 atom stereocenters. The van der Waals surface area contributed by atoms with E-state index < -0.39 is 53.4 Å². The summed E-state index contributed by atoms with van der Waals surface area (Å²) in [4.78, 5) is 52.6. The number of fused-ring (bicyclic) bond motifs is 1. The molecule has 38 heavy (non-hydrogen) atoms. The van der Waals surface area contributed by atoms with Gasteiger partial charge in [-0.2, -0.15) is 18.4 Å². The van der Waals surface area contributed by atoms with Crippen molar-refractivity contribution < 1.29 is 32.3 Å². The van der Waals surface area contributed by atoms with E-state index in [0.717, 1.165) is 6.42 Å². The van der Waals surface area contributed by atoms with E-state index in [0.29, 0.717) is 6.42 Å². The van der Waals surface area contributed by atoms with Crippen LogP contribution < -0.4 is 16.0 Å². The molecular formula is C26H38F3N5O4. The Balaban J connectivity index is 1.79. The molecule has 2 aliphatic heterocycles. The van der Waals surface area contributed by atoms with E-state index >= 15 is 0 Å². The van der Waals surface area contributed by atoms with Crippen LogP contribution in [-0.4, -0.2) is 64.9 Å². The first-order valence-electron chi connectivity index (χ1n) is 12.9. The number of hydrogen-bond donors (Lipinski definition) is 3. The highest BCUT2D eigenvalue weighted by molar-refractivity contribution is 5.95. The molecule has 4 amide bonds. The second kappa shape index (κ2) is 9.72. The van der Waals surface area contributed by atoms with Gasteiger partial charge < -0.3 is 20.9 Å². The van der Waals surface area contributed by atoms with Crippen molar-refractivity contribution in [1.29, 1.82) is 5.26 Å². The Morgan fingerprint density at radius 2 is 1.76 bits per heavy atom. The van der Waals surface area contributed by atoms with Crippen molar-refractivity contribution in [2.45, 2.75) is 97.6 Å². The van der Waals surface area contributed by atoms with Gasteiger partial charge in [0, 0.05) is 18.0 Å². The van der Waals surface area contributed by atoms with Crippen molar-refractivity contribution >= 4 is 23.6 Å². The number of piperidine rings is 2. The van der Waals surface area contributed by atoms with Gasteiger partial charge in [0.05, 0.1) is 6.07 Å². The van der Waals surface area contributed by atoms with E-state index in [1.165, 1.54) is 25.7 Å². The van der Waals surface area contributed by atoms with Crippen LogP contribution in [0.1, 0.15) is 67.7 Å². The molecule has 1 aliphatic carbocycles. The van der Waals surface area contributed by atoms with E-state index in [9.17, 15) is 37.6 Å². The zero-order valence-electron chi connectivity index (χ0n) is 23.0. The number of nitrogens with one attached hydrogen (secondary N) is 3. The fourth-order valence-electron chi connectivity index (χ4n) is 5.92. The highest BCUT2D eigenvalue weighted by atomic mass is 19.4. The van der Waals surface area contributed by atoms with Crippen LogP contribution in [0.5, 0.6) is 0 Å². The Morgan fingerprint density at radius 1 is 1.16 bits per heavy atom. The van der Waals surface area contributed by atoms with Crippen molar-refractivity contribution in [3.63, 3.8) is 0 Å². The minimum Gasteiger partial charge on any atom is -0.351 e. The van der Waals surface area contributed by atoms with Gasteiger partial charge in [0.2, 0.25) is 17.7 Å². The molecule has 0 aromatic carbocycles. The van der Waals surface area contributed by atoms with Crippen LogP contribution in [0.4, 0.5) is 13.2 Å². The highest BCUT2D eigenvalue weighted by Gasteiger charge is 2.70. The summed E-state index contributed by atoms with van der Waals surface area (Å²) in [5.74, 6) is -4.53. The summed E-state index contributed by atoms with van der Waals surface area (Å²) in [6.45, 7) is 12.5. The molecule has 9 nitrogen and oxygen atoms in total. The molecule has 0 radical (unpaired) electrons. The van der Waals surface area contributed by atoms with Gasteiger partial charge in [-0.1, -0.05) is 34.6 Å². The minimum absolute atomic E-state index is 0.0481. The van der Waals surface area contributed by atoms with Gasteiger partial charge in [0.25, 0.3) is 0 Å². The Morgan fingerprint density at radius 3 is 2.26 bits per heavy atom. The summed E-state index contributed by atoms with van der Waals surface area (Å²) in [5, 5.41) is 17.1. The number of nitrogens with zero attached hydrogens (tertiary/aromatic N) is 2. The number of alkyl halides is 3. The average Bonchev–Trinajstić information content (AvgIpc) is 3.10. The summed E-state index contributed by atoms with van der Waals surface area (Å²) in [6.07, 6.45) is -3.79. The number of hydrogen-bond acceptors (Lipinski definition) is 5. The minimum atomic E-state index is -5.17. The molecule has 3 rings (SSSR count). The first-order chi connectivity index (χ1) is 17.2. The Labute approximate surface area is 221 Å². The number of nitriles is 1. The van der Waals surface area contributed by atoms with Crippen LogP contribution >= 0.6 is 0 Å². The first kappa shape index (κ1) is 29.7. The monoisotopic (exact) mass is 541 g/mol. The van der Waals surface area contributed by atoms with Gasteiger partial charge in [0.1, 0.15) is 18.1 Å². The van der Waals surface area contributed by atoms with Gasteiger partial charge >= 0.3 is 12.1 Å². The molecule has 2 saturated heterocycles. The molecule has 1 saturated carbocycles. The third-order valence-corrected chi connectivity index (χ3v) is 8.35. The number of amides is 4. The Kier molecular flexibility index (Phi) is 7.60. The largest absolute Gasteiger partial charge is 0.471 e. The van der Waals surface area contributed by atoms with E-state index in [1.54, 1.807) is 0 Å². The van der Waals surface area contributed by atoms with Crippen LogP contribution in [0.15, 0.2) is 0 Å². The smallest absolute Gasteiger partial charge is 0.351 e. The molecule has 3 fully saturated rings. The fraction of sp³-hybridized carbons (Fsp3) is 0.808. The van der Waals surface area contributed by atoms with E-state index in [4.69, 9.17) is 0 Å². The van der Waals surface area contributed by atoms with Gasteiger partial charge in [-0.05, 0) is 55.8 Å². The predicted molar refractivity (Wildman–Crippen MR) is 131 cm³/mol. The van der Waals surface area contributed by atoms with Gasteiger partial charge in [-0.25, -0.2) is 0 Å². The lowest BCUT2D eigenvalue weighted by Crippen LogP contribution is -2.61. The lowest BCUT2D eigenvalue weighted by atomic mass is 9.83. The molecule has 12 heteroatoms. The molecule has 0 bridgehead atoms. The quantitative estimate of drug-likeness (QED) is 0.475. The van der Waals surface area contributed by atoms with Crippen LogP contribution in [0.2, 0.25) is 0 Å². The lowest BCUT2D eigenvalue weighted by molar-refractivity contribution is -0.176. The third-order valence-electron chi connectivity index (χ3n) is 8.35. The number of carbonyl (C=O) groups excluding carboxylic acids is 4. The normalized spacial score (nSPS) is 29.3. The van der Waals surface area contributed by atoms with Crippen molar-refractivity contribution in [3.8, 4) is 6.07 Å². The second-order valence-corrected chi connectivity index (χ2v) is 13.2. The molecule has 3 N–H and O–H groups in total. The van der Waals surface area contributed by atoms with E-state index in [-0.39, 0.29) is 41.7 Å². The highest BCUT2D eigenvalue weighted by Crippen LogP contribution is 2.65. The predicted octanol–water partition coefficient (Wildman–Crippen LogP) is 2.27. The van der Waals surface area contributed by atoms with Gasteiger partial charge in [-0.3, -0.25) is 19.2 Å². The molecule has 3 aliphatic rings.